The second-order valence-corrected chi connectivity index (χ2v) is 9.70. The Bertz CT molecular complexity index is 774. The van der Waals surface area contributed by atoms with E-state index >= 15 is 0 Å². The first-order chi connectivity index (χ1) is 14.2. The maximum atomic E-state index is 13.0. The van der Waals surface area contributed by atoms with Gasteiger partial charge in [-0.05, 0) is 57.9 Å². The van der Waals surface area contributed by atoms with E-state index in [0.29, 0.717) is 6.54 Å². The number of nitrogens with zero attached hydrogens (tertiary/aromatic N) is 2. The summed E-state index contributed by atoms with van der Waals surface area (Å²) < 4.78 is 11.2. The lowest BCUT2D eigenvalue weighted by molar-refractivity contribution is -0.0570. The molecule has 2 aliphatic heterocycles. The van der Waals surface area contributed by atoms with Crippen LogP contribution in [-0.2, 0) is 16.1 Å². The molecular formula is C23H32N2O5. The first-order valence-electron chi connectivity index (χ1n) is 10.9. The van der Waals surface area contributed by atoms with Gasteiger partial charge >= 0.3 is 12.2 Å². The largest absolute Gasteiger partial charge is 0.445 e. The maximum Gasteiger partial charge on any atom is 0.410 e. The quantitative estimate of drug-likeness (QED) is 0.812. The van der Waals surface area contributed by atoms with Gasteiger partial charge in [-0.1, -0.05) is 30.3 Å². The van der Waals surface area contributed by atoms with Crippen molar-refractivity contribution in [1.29, 1.82) is 0 Å². The fraction of sp³-hybridized carbons (Fsp3) is 0.652. The van der Waals surface area contributed by atoms with Crippen LogP contribution in [0.4, 0.5) is 9.59 Å². The summed E-state index contributed by atoms with van der Waals surface area (Å²) in [6.45, 7) is 6.09. The third-order valence-electron chi connectivity index (χ3n) is 6.21. The average molecular weight is 417 g/mol. The fourth-order valence-corrected chi connectivity index (χ4v) is 4.71. The van der Waals surface area contributed by atoms with Crippen molar-refractivity contribution in [3.05, 3.63) is 35.9 Å². The van der Waals surface area contributed by atoms with Gasteiger partial charge in [0.15, 0.2) is 0 Å². The van der Waals surface area contributed by atoms with Crippen LogP contribution < -0.4 is 0 Å². The summed E-state index contributed by atoms with van der Waals surface area (Å²) in [5, 5.41) is 11.0. The Morgan fingerprint density at radius 1 is 1.10 bits per heavy atom. The number of carbonyl (C=O) groups excluding carboxylic acids is 2. The number of fused-ring (bicyclic) bond motifs is 2. The predicted octanol–water partition coefficient (Wildman–Crippen LogP) is 3.55. The Labute approximate surface area is 177 Å². The highest BCUT2D eigenvalue weighted by atomic mass is 16.6. The van der Waals surface area contributed by atoms with Crippen molar-refractivity contribution in [2.45, 2.75) is 82.9 Å². The van der Waals surface area contributed by atoms with E-state index in [0.717, 1.165) is 31.2 Å². The van der Waals surface area contributed by atoms with Crippen molar-refractivity contribution >= 4 is 12.2 Å². The van der Waals surface area contributed by atoms with Gasteiger partial charge in [0.1, 0.15) is 12.2 Å². The van der Waals surface area contributed by atoms with E-state index in [2.05, 4.69) is 0 Å². The molecule has 4 rings (SSSR count). The van der Waals surface area contributed by atoms with Crippen LogP contribution in [0.1, 0.15) is 52.0 Å². The first-order valence-corrected chi connectivity index (χ1v) is 10.9. The number of hydrogen-bond donors (Lipinski definition) is 1. The number of rotatable bonds is 4. The molecule has 164 valence electrons. The molecule has 1 aromatic rings. The molecule has 3 fully saturated rings. The number of aliphatic hydroxyl groups is 1. The van der Waals surface area contributed by atoms with Gasteiger partial charge in [-0.15, -0.1) is 0 Å². The second kappa shape index (κ2) is 8.10. The minimum Gasteiger partial charge on any atom is -0.445 e. The van der Waals surface area contributed by atoms with Gasteiger partial charge < -0.3 is 14.6 Å². The van der Waals surface area contributed by atoms with Crippen LogP contribution in [0.5, 0.6) is 0 Å². The van der Waals surface area contributed by atoms with Crippen LogP contribution in [0, 0.1) is 5.92 Å². The summed E-state index contributed by atoms with van der Waals surface area (Å²) in [6.07, 6.45) is 1.99. The summed E-state index contributed by atoms with van der Waals surface area (Å²) >= 11 is 0. The van der Waals surface area contributed by atoms with E-state index in [1.54, 1.807) is 9.80 Å². The van der Waals surface area contributed by atoms with Crippen molar-refractivity contribution in [2.75, 3.05) is 6.54 Å². The number of piperazine rings is 1. The molecule has 3 aliphatic rings. The normalized spacial score (nSPS) is 27.0. The first kappa shape index (κ1) is 21.0. The molecule has 1 aromatic carbocycles. The predicted molar refractivity (Wildman–Crippen MR) is 111 cm³/mol. The average Bonchev–Trinajstić information content (AvgIpc) is 3.49. The van der Waals surface area contributed by atoms with Crippen LogP contribution >= 0.6 is 0 Å². The van der Waals surface area contributed by atoms with Gasteiger partial charge in [0.2, 0.25) is 0 Å². The van der Waals surface area contributed by atoms with E-state index in [4.69, 9.17) is 9.47 Å². The molecule has 1 N–H and O–H groups in total. The number of hydrogen-bond acceptors (Lipinski definition) is 5. The summed E-state index contributed by atoms with van der Waals surface area (Å²) in [5.41, 5.74) is 0.327. The van der Waals surface area contributed by atoms with Crippen LogP contribution in [0.15, 0.2) is 30.3 Å². The zero-order valence-electron chi connectivity index (χ0n) is 18.0. The molecule has 0 radical (unpaired) electrons. The molecular weight excluding hydrogens is 384 g/mol. The van der Waals surface area contributed by atoms with Gasteiger partial charge in [-0.25, -0.2) is 9.59 Å². The highest BCUT2D eigenvalue weighted by molar-refractivity contribution is 5.72. The minimum absolute atomic E-state index is 0.114. The lowest BCUT2D eigenvalue weighted by Gasteiger charge is -2.47. The topological polar surface area (TPSA) is 79.3 Å². The van der Waals surface area contributed by atoms with Crippen LogP contribution in [0.3, 0.4) is 0 Å². The Morgan fingerprint density at radius 3 is 2.43 bits per heavy atom. The van der Waals surface area contributed by atoms with E-state index in [1.165, 1.54) is 0 Å². The van der Waals surface area contributed by atoms with Crippen molar-refractivity contribution in [1.82, 2.24) is 9.80 Å². The molecule has 30 heavy (non-hydrogen) atoms. The van der Waals surface area contributed by atoms with Crippen LogP contribution in [0.25, 0.3) is 0 Å². The molecule has 7 nitrogen and oxygen atoms in total. The lowest BCUT2D eigenvalue weighted by atomic mass is 9.94. The molecule has 2 bridgehead atoms. The summed E-state index contributed by atoms with van der Waals surface area (Å²) in [7, 11) is 0. The molecule has 0 unspecified atom stereocenters. The second-order valence-electron chi connectivity index (χ2n) is 9.70. The van der Waals surface area contributed by atoms with Gasteiger partial charge in [-0.2, -0.15) is 0 Å². The zero-order chi connectivity index (χ0) is 21.5. The Morgan fingerprint density at radius 2 is 1.80 bits per heavy atom. The van der Waals surface area contributed by atoms with Crippen molar-refractivity contribution < 1.29 is 24.2 Å². The monoisotopic (exact) mass is 416 g/mol. The molecule has 2 heterocycles. The van der Waals surface area contributed by atoms with E-state index in [-0.39, 0.29) is 30.7 Å². The van der Waals surface area contributed by atoms with Crippen molar-refractivity contribution in [3.63, 3.8) is 0 Å². The van der Waals surface area contributed by atoms with E-state index in [9.17, 15) is 14.7 Å². The Balaban J connectivity index is 1.51. The molecule has 0 aromatic heterocycles. The zero-order valence-corrected chi connectivity index (χ0v) is 18.0. The smallest absolute Gasteiger partial charge is 0.410 e. The Kier molecular flexibility index (Phi) is 5.66. The van der Waals surface area contributed by atoms with Gasteiger partial charge in [0.25, 0.3) is 0 Å². The van der Waals surface area contributed by atoms with E-state index < -0.39 is 23.8 Å². The van der Waals surface area contributed by atoms with Gasteiger partial charge in [0, 0.05) is 6.54 Å². The summed E-state index contributed by atoms with van der Waals surface area (Å²) in [6, 6.07) is 8.72. The number of ether oxygens (including phenoxy) is 2. The summed E-state index contributed by atoms with van der Waals surface area (Å²) in [4.78, 5) is 29.3. The number of benzene rings is 1. The van der Waals surface area contributed by atoms with Crippen molar-refractivity contribution in [3.8, 4) is 0 Å². The van der Waals surface area contributed by atoms with Gasteiger partial charge in [-0.3, -0.25) is 9.80 Å². The fourth-order valence-electron chi connectivity index (χ4n) is 4.71. The SMILES string of the molecule is CC(C)(C)OC(=O)N1[C@@H]2CC[C@H]1[C@@H]([C@@H](O)C1CC1)N(C(=O)OCc1ccccc1)C2. The molecule has 1 saturated carbocycles. The maximum absolute atomic E-state index is 13.0. The van der Waals surface area contributed by atoms with E-state index in [1.807, 2.05) is 51.1 Å². The molecule has 0 spiro atoms. The lowest BCUT2D eigenvalue weighted by Crippen LogP contribution is -2.66. The van der Waals surface area contributed by atoms with Crippen LogP contribution in [0.2, 0.25) is 0 Å². The summed E-state index contributed by atoms with van der Waals surface area (Å²) in [5.74, 6) is 0.178. The molecule has 7 heteroatoms. The molecule has 2 saturated heterocycles. The highest BCUT2D eigenvalue weighted by Crippen LogP contribution is 2.43. The number of amides is 2. The minimum atomic E-state index is -0.664. The number of aliphatic hydroxyl groups excluding tert-OH is 1. The number of carbonyl (C=O) groups is 2. The molecule has 4 atom stereocenters. The third-order valence-corrected chi connectivity index (χ3v) is 6.21. The highest BCUT2D eigenvalue weighted by Gasteiger charge is 2.55. The van der Waals surface area contributed by atoms with Gasteiger partial charge in [0.05, 0.1) is 24.2 Å². The Hall–Kier alpha value is -2.28. The standard InChI is InChI=1S/C23H32N2O5/c1-23(2,3)30-22(28)25-17-11-12-18(25)19(20(26)16-9-10-16)24(13-17)21(27)29-14-15-7-5-4-6-8-15/h4-8,16-20,26H,9-14H2,1-3H3/t17-,18+,19+,20+/m1/s1. The van der Waals surface area contributed by atoms with Crippen LogP contribution in [-0.4, -0.2) is 63.5 Å². The molecule has 2 amide bonds. The van der Waals surface area contributed by atoms with Crippen molar-refractivity contribution in [2.24, 2.45) is 5.92 Å². The third kappa shape index (κ3) is 4.41. The molecule has 1 aliphatic carbocycles. The number of likely N-dealkylation sites (tertiary alicyclic amines) is 1.